The third kappa shape index (κ3) is 5.92. The molecule has 3 rings (SSSR count). The number of rotatable bonds is 9. The molecular formula is C26H37NO5S. The van der Waals surface area contributed by atoms with E-state index in [-0.39, 0.29) is 41.7 Å². The molecule has 182 valence electrons. The lowest BCUT2D eigenvalue weighted by Crippen LogP contribution is -2.40. The summed E-state index contributed by atoms with van der Waals surface area (Å²) in [6, 6.07) is 5.14. The van der Waals surface area contributed by atoms with E-state index in [1.165, 1.54) is 4.90 Å². The maximum absolute atomic E-state index is 13.0. The standard InChI is InChI=1S/C26H37NO5S/c1-18(9-8-14-33(31,32)26(2,3)4)15-21(28)16-19-12-13-22-23(17-19)25(30)27(24(22)29)20-10-6-5-7-11-20/h12-13,17-18,20H,5-11,14-16H2,1-4H3. The number of amides is 2. The van der Waals surface area contributed by atoms with Gasteiger partial charge in [-0.1, -0.05) is 32.3 Å². The molecule has 1 aromatic carbocycles. The van der Waals surface area contributed by atoms with Crippen LogP contribution in [0.15, 0.2) is 18.2 Å². The van der Waals surface area contributed by atoms with Gasteiger partial charge < -0.3 is 0 Å². The van der Waals surface area contributed by atoms with Crippen LogP contribution in [0.25, 0.3) is 0 Å². The van der Waals surface area contributed by atoms with Crippen molar-refractivity contribution in [3.8, 4) is 0 Å². The van der Waals surface area contributed by atoms with Crippen molar-refractivity contribution in [3.63, 3.8) is 0 Å². The van der Waals surface area contributed by atoms with E-state index >= 15 is 0 Å². The summed E-state index contributed by atoms with van der Waals surface area (Å²) in [5.41, 5.74) is 1.60. The highest BCUT2D eigenvalue weighted by Crippen LogP contribution is 2.31. The number of Topliss-reactive ketones (excluding diaryl/α,β-unsaturated/α-hetero) is 1. The first-order chi connectivity index (χ1) is 15.4. The third-order valence-electron chi connectivity index (χ3n) is 6.94. The first-order valence-corrected chi connectivity index (χ1v) is 13.8. The Morgan fingerprint density at radius 3 is 2.33 bits per heavy atom. The fourth-order valence-electron chi connectivity index (χ4n) is 4.81. The van der Waals surface area contributed by atoms with Crippen LogP contribution in [-0.2, 0) is 21.1 Å². The molecule has 1 aliphatic carbocycles. The first kappa shape index (κ1) is 25.6. The number of benzene rings is 1. The van der Waals surface area contributed by atoms with Crippen molar-refractivity contribution < 1.29 is 22.8 Å². The highest BCUT2D eigenvalue weighted by molar-refractivity contribution is 7.92. The van der Waals surface area contributed by atoms with Crippen molar-refractivity contribution in [1.29, 1.82) is 0 Å². The summed E-state index contributed by atoms with van der Waals surface area (Å²) >= 11 is 0. The van der Waals surface area contributed by atoms with E-state index in [2.05, 4.69) is 0 Å². The molecule has 0 N–H and O–H groups in total. The van der Waals surface area contributed by atoms with Crippen LogP contribution < -0.4 is 0 Å². The van der Waals surface area contributed by atoms with Gasteiger partial charge in [-0.25, -0.2) is 8.42 Å². The molecule has 2 amide bonds. The SMILES string of the molecule is CC(CCCS(=O)(=O)C(C)(C)C)CC(=O)Cc1ccc2c(c1)C(=O)N(C1CCCCC1)C2=O. The Hall–Kier alpha value is -2.02. The highest BCUT2D eigenvalue weighted by atomic mass is 32.2. The van der Waals surface area contributed by atoms with E-state index < -0.39 is 14.6 Å². The molecule has 0 bridgehead atoms. The van der Waals surface area contributed by atoms with E-state index in [1.54, 1.807) is 39.0 Å². The second kappa shape index (κ2) is 10.1. The minimum Gasteiger partial charge on any atom is -0.299 e. The van der Waals surface area contributed by atoms with Gasteiger partial charge in [-0.3, -0.25) is 19.3 Å². The lowest BCUT2D eigenvalue weighted by molar-refractivity contribution is -0.119. The Balaban J connectivity index is 1.55. The van der Waals surface area contributed by atoms with Crippen LogP contribution in [0.3, 0.4) is 0 Å². The highest BCUT2D eigenvalue weighted by Gasteiger charge is 2.40. The van der Waals surface area contributed by atoms with Crippen LogP contribution >= 0.6 is 0 Å². The molecule has 1 aromatic rings. The van der Waals surface area contributed by atoms with E-state index in [0.717, 1.165) is 37.7 Å². The minimum atomic E-state index is -3.15. The van der Waals surface area contributed by atoms with Crippen molar-refractivity contribution in [2.24, 2.45) is 5.92 Å². The molecular weight excluding hydrogens is 438 g/mol. The summed E-state index contributed by atoms with van der Waals surface area (Å²) in [5.74, 6) is -0.162. The van der Waals surface area contributed by atoms with Crippen molar-refractivity contribution >= 4 is 27.4 Å². The fraction of sp³-hybridized carbons (Fsp3) is 0.654. The molecule has 33 heavy (non-hydrogen) atoms. The van der Waals surface area contributed by atoms with Gasteiger partial charge in [-0.15, -0.1) is 0 Å². The van der Waals surface area contributed by atoms with Crippen LogP contribution in [-0.4, -0.2) is 47.5 Å². The number of carbonyl (C=O) groups is 3. The average Bonchev–Trinajstić information content (AvgIpc) is 2.97. The largest absolute Gasteiger partial charge is 0.299 e. The average molecular weight is 476 g/mol. The second-order valence-electron chi connectivity index (χ2n) is 10.8. The topological polar surface area (TPSA) is 88.6 Å². The zero-order chi connectivity index (χ0) is 24.4. The zero-order valence-electron chi connectivity index (χ0n) is 20.4. The molecule has 1 unspecified atom stereocenters. The van der Waals surface area contributed by atoms with Gasteiger partial charge in [0.05, 0.1) is 21.6 Å². The predicted octanol–water partition coefficient (Wildman–Crippen LogP) is 4.75. The molecule has 1 aliphatic heterocycles. The van der Waals surface area contributed by atoms with Crippen LogP contribution in [0.4, 0.5) is 0 Å². The number of fused-ring (bicyclic) bond motifs is 1. The molecule has 1 atom stereocenters. The van der Waals surface area contributed by atoms with E-state index in [9.17, 15) is 22.8 Å². The minimum absolute atomic E-state index is 0.0146. The first-order valence-electron chi connectivity index (χ1n) is 12.2. The fourth-order valence-corrected chi connectivity index (χ4v) is 5.97. The van der Waals surface area contributed by atoms with E-state index in [1.807, 2.05) is 6.92 Å². The number of ketones is 1. The Morgan fingerprint density at radius 2 is 1.70 bits per heavy atom. The van der Waals surface area contributed by atoms with Crippen LogP contribution in [0.5, 0.6) is 0 Å². The smallest absolute Gasteiger partial charge is 0.261 e. The molecule has 0 saturated heterocycles. The molecule has 7 heteroatoms. The van der Waals surface area contributed by atoms with Gasteiger partial charge in [-0.05, 0) is 70.1 Å². The van der Waals surface area contributed by atoms with Crippen LogP contribution in [0.2, 0.25) is 0 Å². The Morgan fingerprint density at radius 1 is 1.06 bits per heavy atom. The molecule has 6 nitrogen and oxygen atoms in total. The molecule has 1 heterocycles. The molecule has 2 aliphatic rings. The number of hydrogen-bond acceptors (Lipinski definition) is 5. The van der Waals surface area contributed by atoms with Crippen molar-refractivity contribution in [1.82, 2.24) is 4.90 Å². The summed E-state index contributed by atoms with van der Waals surface area (Å²) < 4.78 is 23.7. The van der Waals surface area contributed by atoms with Crippen molar-refractivity contribution in [3.05, 3.63) is 34.9 Å². The Kier molecular flexibility index (Phi) is 7.82. The maximum Gasteiger partial charge on any atom is 0.261 e. The summed E-state index contributed by atoms with van der Waals surface area (Å²) in [5, 5.41) is 0. The molecule has 1 fully saturated rings. The van der Waals surface area contributed by atoms with Crippen LogP contribution in [0.1, 0.15) is 105 Å². The van der Waals surface area contributed by atoms with Crippen molar-refractivity contribution in [2.45, 2.75) is 96.3 Å². The van der Waals surface area contributed by atoms with Gasteiger partial charge in [0.15, 0.2) is 9.84 Å². The summed E-state index contributed by atoms with van der Waals surface area (Å²) in [7, 11) is -3.15. The van der Waals surface area contributed by atoms with E-state index in [0.29, 0.717) is 30.4 Å². The number of hydrogen-bond donors (Lipinski definition) is 0. The third-order valence-corrected chi connectivity index (χ3v) is 9.63. The van der Waals surface area contributed by atoms with Gasteiger partial charge in [0.25, 0.3) is 11.8 Å². The Bertz CT molecular complexity index is 1020. The van der Waals surface area contributed by atoms with Gasteiger partial charge in [0.2, 0.25) is 0 Å². The monoisotopic (exact) mass is 475 g/mol. The predicted molar refractivity (Wildman–Crippen MR) is 129 cm³/mol. The van der Waals surface area contributed by atoms with Gasteiger partial charge >= 0.3 is 0 Å². The molecule has 0 aromatic heterocycles. The number of sulfone groups is 1. The second-order valence-corrected chi connectivity index (χ2v) is 13.6. The number of nitrogens with zero attached hydrogens (tertiary/aromatic N) is 1. The molecule has 1 saturated carbocycles. The zero-order valence-corrected chi connectivity index (χ0v) is 21.2. The molecule has 0 spiro atoms. The normalized spacial score (nSPS) is 18.5. The van der Waals surface area contributed by atoms with Gasteiger partial charge in [0.1, 0.15) is 5.78 Å². The lowest BCUT2D eigenvalue weighted by atomic mass is 9.94. The van der Waals surface area contributed by atoms with Crippen molar-refractivity contribution in [2.75, 3.05) is 5.75 Å². The van der Waals surface area contributed by atoms with Crippen LogP contribution in [0, 0.1) is 5.92 Å². The summed E-state index contributed by atoms with van der Waals surface area (Å²) in [4.78, 5) is 39.8. The Labute approximate surface area is 198 Å². The number of imide groups is 1. The number of carbonyl (C=O) groups excluding carboxylic acids is 3. The quantitative estimate of drug-likeness (QED) is 0.481. The van der Waals surface area contributed by atoms with Gasteiger partial charge in [0, 0.05) is 18.9 Å². The molecule has 0 radical (unpaired) electrons. The van der Waals surface area contributed by atoms with E-state index in [4.69, 9.17) is 0 Å². The maximum atomic E-state index is 13.0. The lowest BCUT2D eigenvalue weighted by Gasteiger charge is -2.29. The summed E-state index contributed by atoms with van der Waals surface area (Å²) in [6.45, 7) is 7.09. The van der Waals surface area contributed by atoms with Gasteiger partial charge in [-0.2, -0.15) is 0 Å². The summed E-state index contributed by atoms with van der Waals surface area (Å²) in [6.07, 6.45) is 6.76.